The van der Waals surface area contributed by atoms with Crippen molar-refractivity contribution < 1.29 is 13.9 Å². The molecule has 3 aromatic rings. The molecule has 0 atom stereocenters. The van der Waals surface area contributed by atoms with E-state index in [1.165, 1.54) is 23.3 Å². The van der Waals surface area contributed by atoms with Crippen molar-refractivity contribution in [3.8, 4) is 0 Å². The Morgan fingerprint density at radius 1 is 1.03 bits per heavy atom. The van der Waals surface area contributed by atoms with Gasteiger partial charge in [-0.3, -0.25) is 4.79 Å². The topological polar surface area (TPSA) is 34.5 Å². The summed E-state index contributed by atoms with van der Waals surface area (Å²) in [5.74, 6) is -0.303. The van der Waals surface area contributed by atoms with Gasteiger partial charge in [-0.15, -0.1) is 0 Å². The number of amides is 1. The van der Waals surface area contributed by atoms with Crippen LogP contribution in [0.15, 0.2) is 66.9 Å². The predicted molar refractivity (Wildman–Crippen MR) is 112 cm³/mol. The molecule has 1 amide bonds. The number of aryl methyl sites for hydroxylation is 1. The van der Waals surface area contributed by atoms with E-state index in [1.54, 1.807) is 24.1 Å². The molecule has 1 aromatic heterocycles. The smallest absolute Gasteiger partial charge is 0.227 e. The lowest BCUT2D eigenvalue weighted by Crippen LogP contribution is -2.35. The Morgan fingerprint density at radius 2 is 1.72 bits per heavy atom. The van der Waals surface area contributed by atoms with Gasteiger partial charge in [0.05, 0.1) is 19.6 Å². The molecular formula is C24H27FN2O2. The Labute approximate surface area is 171 Å². The fourth-order valence-corrected chi connectivity index (χ4v) is 3.22. The van der Waals surface area contributed by atoms with Gasteiger partial charge in [0.1, 0.15) is 5.82 Å². The number of methoxy groups -OCH3 is 1. The van der Waals surface area contributed by atoms with Crippen LogP contribution in [0.1, 0.15) is 22.4 Å². The van der Waals surface area contributed by atoms with Crippen LogP contribution in [0.5, 0.6) is 0 Å². The van der Waals surface area contributed by atoms with Gasteiger partial charge < -0.3 is 14.2 Å². The molecule has 5 heteroatoms. The van der Waals surface area contributed by atoms with Gasteiger partial charge in [-0.05, 0) is 42.3 Å². The van der Waals surface area contributed by atoms with E-state index in [9.17, 15) is 9.18 Å². The van der Waals surface area contributed by atoms with Crippen LogP contribution in [0.25, 0.3) is 0 Å². The summed E-state index contributed by atoms with van der Waals surface area (Å²) in [6, 6.07) is 18.6. The second-order valence-electron chi connectivity index (χ2n) is 7.22. The first kappa shape index (κ1) is 20.8. The van der Waals surface area contributed by atoms with Crippen LogP contribution in [-0.4, -0.2) is 35.6 Å². The minimum absolute atomic E-state index is 0.00301. The van der Waals surface area contributed by atoms with Gasteiger partial charge in [0.15, 0.2) is 0 Å². The number of benzene rings is 2. The van der Waals surface area contributed by atoms with Crippen molar-refractivity contribution >= 4 is 5.91 Å². The Balaban J connectivity index is 1.71. The molecular weight excluding hydrogens is 367 g/mol. The zero-order valence-electron chi connectivity index (χ0n) is 17.0. The lowest BCUT2D eigenvalue weighted by atomic mass is 10.1. The van der Waals surface area contributed by atoms with Crippen LogP contribution in [-0.2, 0) is 29.0 Å². The van der Waals surface area contributed by atoms with E-state index in [-0.39, 0.29) is 18.1 Å². The molecule has 0 saturated heterocycles. The summed E-state index contributed by atoms with van der Waals surface area (Å²) in [4.78, 5) is 14.7. The summed E-state index contributed by atoms with van der Waals surface area (Å²) in [6.45, 7) is 4.31. The van der Waals surface area contributed by atoms with Gasteiger partial charge in [0.2, 0.25) is 5.91 Å². The van der Waals surface area contributed by atoms with E-state index >= 15 is 0 Å². The summed E-state index contributed by atoms with van der Waals surface area (Å²) < 4.78 is 20.5. The lowest BCUT2D eigenvalue weighted by Gasteiger charge is -2.23. The van der Waals surface area contributed by atoms with Crippen LogP contribution < -0.4 is 0 Å². The van der Waals surface area contributed by atoms with E-state index < -0.39 is 0 Å². The maximum Gasteiger partial charge on any atom is 0.227 e. The molecule has 0 spiro atoms. The van der Waals surface area contributed by atoms with E-state index in [4.69, 9.17) is 4.74 Å². The summed E-state index contributed by atoms with van der Waals surface area (Å²) in [5, 5.41) is 0. The Hall–Kier alpha value is -2.92. The van der Waals surface area contributed by atoms with Crippen molar-refractivity contribution in [3.05, 3.63) is 95.1 Å². The monoisotopic (exact) mass is 394 g/mol. The molecule has 0 N–H and O–H groups in total. The van der Waals surface area contributed by atoms with E-state index in [2.05, 4.69) is 35.8 Å². The minimum Gasteiger partial charge on any atom is -0.383 e. The normalized spacial score (nSPS) is 10.9. The number of carbonyl (C=O) groups is 1. The first-order valence-electron chi connectivity index (χ1n) is 9.76. The molecule has 0 aliphatic carbocycles. The van der Waals surface area contributed by atoms with E-state index in [0.717, 1.165) is 17.8 Å². The van der Waals surface area contributed by atoms with Crippen molar-refractivity contribution in [2.45, 2.75) is 26.4 Å². The van der Waals surface area contributed by atoms with Gasteiger partial charge in [-0.1, -0.05) is 42.0 Å². The number of nitrogens with zero attached hydrogens (tertiary/aromatic N) is 2. The first-order valence-corrected chi connectivity index (χ1v) is 9.76. The molecule has 0 radical (unpaired) electrons. The zero-order valence-corrected chi connectivity index (χ0v) is 17.0. The Bertz CT molecular complexity index is 917. The molecule has 0 bridgehead atoms. The predicted octanol–water partition coefficient (Wildman–Crippen LogP) is 4.20. The number of rotatable bonds is 9. The van der Waals surface area contributed by atoms with Crippen LogP contribution in [0.4, 0.5) is 4.39 Å². The molecule has 2 aromatic carbocycles. The second-order valence-corrected chi connectivity index (χ2v) is 7.22. The third kappa shape index (κ3) is 6.03. The molecule has 3 rings (SSSR count). The highest BCUT2D eigenvalue weighted by molar-refractivity contribution is 5.78. The molecule has 0 fully saturated rings. The van der Waals surface area contributed by atoms with Crippen LogP contribution >= 0.6 is 0 Å². The first-order chi connectivity index (χ1) is 14.0. The molecule has 0 unspecified atom stereocenters. The number of hydrogen-bond donors (Lipinski definition) is 0. The van der Waals surface area contributed by atoms with Crippen LogP contribution in [0.3, 0.4) is 0 Å². The van der Waals surface area contributed by atoms with Crippen LogP contribution in [0.2, 0.25) is 0 Å². The van der Waals surface area contributed by atoms with Crippen molar-refractivity contribution in [2.75, 3.05) is 20.3 Å². The second kappa shape index (κ2) is 10.0. The van der Waals surface area contributed by atoms with Crippen molar-refractivity contribution in [2.24, 2.45) is 0 Å². The largest absolute Gasteiger partial charge is 0.383 e. The number of carbonyl (C=O) groups excluding carboxylic acids is 1. The van der Waals surface area contributed by atoms with Crippen LogP contribution in [0, 0.1) is 12.7 Å². The lowest BCUT2D eigenvalue weighted by molar-refractivity contribution is -0.131. The Morgan fingerprint density at radius 3 is 2.41 bits per heavy atom. The standard InChI is InChI=1S/C24H27FN2O2/c1-19-5-7-21(8-6-19)17-26-13-3-4-23(26)18-27(14-15-29-2)24(28)16-20-9-11-22(25)12-10-20/h3-13H,14-18H2,1-2H3. The van der Waals surface area contributed by atoms with Crippen molar-refractivity contribution in [3.63, 3.8) is 0 Å². The van der Waals surface area contributed by atoms with Crippen molar-refractivity contribution in [1.29, 1.82) is 0 Å². The Kier molecular flexibility index (Phi) is 7.19. The number of halogens is 1. The molecule has 4 nitrogen and oxygen atoms in total. The maximum absolute atomic E-state index is 13.1. The summed E-state index contributed by atoms with van der Waals surface area (Å²) in [6.07, 6.45) is 2.27. The van der Waals surface area contributed by atoms with Crippen molar-refractivity contribution in [1.82, 2.24) is 9.47 Å². The molecule has 0 aliphatic rings. The highest BCUT2D eigenvalue weighted by Gasteiger charge is 2.16. The summed E-state index contributed by atoms with van der Waals surface area (Å²) in [7, 11) is 1.63. The fourth-order valence-electron chi connectivity index (χ4n) is 3.22. The van der Waals surface area contributed by atoms with E-state index in [1.807, 2.05) is 18.3 Å². The van der Waals surface area contributed by atoms with Gasteiger partial charge in [0, 0.05) is 32.1 Å². The molecule has 1 heterocycles. The number of hydrogen-bond acceptors (Lipinski definition) is 2. The quantitative estimate of drug-likeness (QED) is 0.545. The minimum atomic E-state index is -0.300. The third-order valence-corrected chi connectivity index (χ3v) is 4.94. The molecule has 29 heavy (non-hydrogen) atoms. The average molecular weight is 394 g/mol. The van der Waals surface area contributed by atoms with Gasteiger partial charge in [-0.25, -0.2) is 4.39 Å². The molecule has 152 valence electrons. The molecule has 0 saturated carbocycles. The average Bonchev–Trinajstić information content (AvgIpc) is 3.15. The van der Waals surface area contributed by atoms with Gasteiger partial charge in [0.25, 0.3) is 0 Å². The summed E-state index contributed by atoms with van der Waals surface area (Å²) >= 11 is 0. The molecule has 0 aliphatic heterocycles. The van der Waals surface area contributed by atoms with Gasteiger partial charge >= 0.3 is 0 Å². The summed E-state index contributed by atoms with van der Waals surface area (Å²) in [5.41, 5.74) is 4.32. The number of aromatic nitrogens is 1. The van der Waals surface area contributed by atoms with E-state index in [0.29, 0.717) is 19.7 Å². The SMILES string of the molecule is COCCN(Cc1cccn1Cc1ccc(C)cc1)C(=O)Cc1ccc(F)cc1. The zero-order chi connectivity index (χ0) is 20.6. The number of ether oxygens (including phenoxy) is 1. The highest BCUT2D eigenvalue weighted by atomic mass is 19.1. The maximum atomic E-state index is 13.1. The highest BCUT2D eigenvalue weighted by Crippen LogP contribution is 2.13. The third-order valence-electron chi connectivity index (χ3n) is 4.94. The fraction of sp³-hybridized carbons (Fsp3) is 0.292. The van der Waals surface area contributed by atoms with Gasteiger partial charge in [-0.2, -0.15) is 0 Å².